The maximum atomic E-state index is 14.6. The van der Waals surface area contributed by atoms with E-state index in [0.29, 0.717) is 11.1 Å². The van der Waals surface area contributed by atoms with E-state index in [0.717, 1.165) is 4.47 Å². The van der Waals surface area contributed by atoms with E-state index < -0.39 is 52.0 Å². The van der Waals surface area contributed by atoms with Crippen LogP contribution in [0.1, 0.15) is 64.6 Å². The van der Waals surface area contributed by atoms with Crippen molar-refractivity contribution in [2.45, 2.75) is 17.6 Å². The zero-order valence-corrected chi connectivity index (χ0v) is 21.8. The molecule has 190 valence electrons. The van der Waals surface area contributed by atoms with Crippen LogP contribution in [0, 0.1) is 11.2 Å². The van der Waals surface area contributed by atoms with Gasteiger partial charge < -0.3 is 4.74 Å². The lowest BCUT2D eigenvalue weighted by Gasteiger charge is -2.34. The van der Waals surface area contributed by atoms with E-state index in [9.17, 15) is 23.6 Å². The summed E-state index contributed by atoms with van der Waals surface area (Å²) in [6.45, 7) is 0. The van der Waals surface area contributed by atoms with Gasteiger partial charge in [-0.2, -0.15) is 0 Å². The number of carbonyl (C=O) groups is 4. The molecule has 2 spiro atoms. The molecule has 4 aromatic rings. The van der Waals surface area contributed by atoms with Crippen molar-refractivity contribution in [1.29, 1.82) is 0 Å². The molecule has 0 saturated carbocycles. The van der Waals surface area contributed by atoms with E-state index in [2.05, 4.69) is 15.9 Å². The topological polar surface area (TPSA) is 77.5 Å². The molecule has 0 aromatic heterocycles. The van der Waals surface area contributed by atoms with Crippen molar-refractivity contribution in [3.63, 3.8) is 0 Å². The van der Waals surface area contributed by atoms with Crippen LogP contribution in [0.2, 0.25) is 0 Å². The third-order valence-corrected chi connectivity index (χ3v) is 8.74. The standard InChI is InChI=1S/C32H18BrFO5/c33-19-13-9-17(10-14-19)25-31(26(35)21-5-1-2-6-22(21)27(31)36)30(18-11-15-20(34)16-12-18)39-32(25)28(37)23-7-3-4-8-24(23)29(32)38/h1-16,25,30H/t25-,30+/m0/s1. The second-order valence-electron chi connectivity index (χ2n) is 10.0. The van der Waals surface area contributed by atoms with Crippen LogP contribution in [-0.4, -0.2) is 28.7 Å². The van der Waals surface area contributed by atoms with Crippen molar-refractivity contribution in [2.75, 3.05) is 0 Å². The van der Waals surface area contributed by atoms with E-state index in [4.69, 9.17) is 4.74 Å². The van der Waals surface area contributed by atoms with Gasteiger partial charge in [-0.15, -0.1) is 0 Å². The molecule has 39 heavy (non-hydrogen) atoms. The van der Waals surface area contributed by atoms with Gasteiger partial charge in [0.25, 0.3) is 0 Å². The fourth-order valence-electron chi connectivity index (χ4n) is 6.62. The van der Waals surface area contributed by atoms with Gasteiger partial charge in [0.1, 0.15) is 17.3 Å². The second kappa shape index (κ2) is 8.21. The molecule has 4 aromatic carbocycles. The number of ketones is 4. The Hall–Kier alpha value is -4.07. The summed E-state index contributed by atoms with van der Waals surface area (Å²) in [5, 5.41) is 0. The highest BCUT2D eigenvalue weighted by Gasteiger charge is 2.79. The van der Waals surface area contributed by atoms with Gasteiger partial charge in [0.15, 0.2) is 11.6 Å². The monoisotopic (exact) mass is 580 g/mol. The van der Waals surface area contributed by atoms with Gasteiger partial charge in [0.2, 0.25) is 17.2 Å². The van der Waals surface area contributed by atoms with Gasteiger partial charge in [0.05, 0.1) is 5.92 Å². The molecule has 0 amide bonds. The summed E-state index contributed by atoms with van der Waals surface area (Å²) in [5.74, 6) is -4.06. The number of hydrogen-bond acceptors (Lipinski definition) is 5. The minimum atomic E-state index is -2.18. The highest BCUT2D eigenvalue weighted by Crippen LogP contribution is 2.67. The number of halogens is 2. The van der Waals surface area contributed by atoms with Crippen LogP contribution in [0.25, 0.3) is 0 Å². The van der Waals surface area contributed by atoms with Crippen molar-refractivity contribution in [3.05, 3.63) is 141 Å². The molecule has 0 unspecified atom stereocenters. The first-order valence-electron chi connectivity index (χ1n) is 12.4. The third kappa shape index (κ3) is 2.92. The zero-order chi connectivity index (χ0) is 27.1. The molecule has 3 aliphatic rings. The smallest absolute Gasteiger partial charge is 0.204 e. The molecule has 2 atom stereocenters. The molecule has 0 N–H and O–H groups in total. The minimum absolute atomic E-state index is 0.176. The average molecular weight is 581 g/mol. The number of fused-ring (bicyclic) bond motifs is 2. The predicted molar refractivity (Wildman–Crippen MR) is 142 cm³/mol. The van der Waals surface area contributed by atoms with Crippen LogP contribution in [0.5, 0.6) is 0 Å². The van der Waals surface area contributed by atoms with Gasteiger partial charge >= 0.3 is 0 Å². The Morgan fingerprint density at radius 2 is 1.03 bits per heavy atom. The highest BCUT2D eigenvalue weighted by molar-refractivity contribution is 9.10. The van der Waals surface area contributed by atoms with Crippen LogP contribution >= 0.6 is 15.9 Å². The van der Waals surface area contributed by atoms with Crippen molar-refractivity contribution in [1.82, 2.24) is 0 Å². The van der Waals surface area contributed by atoms with Crippen molar-refractivity contribution in [2.24, 2.45) is 5.41 Å². The van der Waals surface area contributed by atoms with Crippen molar-refractivity contribution >= 4 is 39.1 Å². The first kappa shape index (κ1) is 24.0. The summed E-state index contributed by atoms with van der Waals surface area (Å²) >= 11 is 3.42. The molecule has 1 saturated heterocycles. The lowest BCUT2D eigenvalue weighted by Crippen LogP contribution is -2.51. The quantitative estimate of drug-likeness (QED) is 0.259. The SMILES string of the molecule is O=C1c2ccccc2C(=O)C12O[C@H](c1ccc(F)cc1)C1(C(=O)c3ccccc3C1=O)[C@@H]2c1ccc(Br)cc1. The largest absolute Gasteiger partial charge is 0.348 e. The van der Waals surface area contributed by atoms with Crippen LogP contribution in [0.3, 0.4) is 0 Å². The Morgan fingerprint density at radius 1 is 0.590 bits per heavy atom. The van der Waals surface area contributed by atoms with E-state index in [1.54, 1.807) is 72.8 Å². The molecular weight excluding hydrogens is 563 g/mol. The van der Waals surface area contributed by atoms with E-state index in [1.165, 1.54) is 24.3 Å². The van der Waals surface area contributed by atoms with E-state index >= 15 is 0 Å². The Bertz CT molecular complexity index is 1670. The van der Waals surface area contributed by atoms with Gasteiger partial charge in [-0.1, -0.05) is 88.7 Å². The van der Waals surface area contributed by atoms with Crippen LogP contribution in [0.15, 0.2) is 102 Å². The Labute approximate surface area is 230 Å². The summed E-state index contributed by atoms with van der Waals surface area (Å²) in [4.78, 5) is 57.7. The van der Waals surface area contributed by atoms with Crippen molar-refractivity contribution < 1.29 is 28.3 Å². The van der Waals surface area contributed by atoms with Gasteiger partial charge in [0, 0.05) is 26.7 Å². The molecule has 7 heteroatoms. The van der Waals surface area contributed by atoms with Crippen LogP contribution in [0.4, 0.5) is 4.39 Å². The minimum Gasteiger partial charge on any atom is -0.348 e. The van der Waals surface area contributed by atoms with Gasteiger partial charge in [-0.05, 0) is 35.4 Å². The number of hydrogen-bond donors (Lipinski definition) is 0. The lowest BCUT2D eigenvalue weighted by atomic mass is 9.60. The normalized spacial score (nSPS) is 22.1. The highest BCUT2D eigenvalue weighted by atomic mass is 79.9. The summed E-state index contributed by atoms with van der Waals surface area (Å²) in [5.41, 5.74) is -2.65. The average Bonchev–Trinajstić information content (AvgIpc) is 3.48. The molecule has 7 rings (SSSR count). The molecule has 2 aliphatic carbocycles. The summed E-state index contributed by atoms with van der Waals surface area (Å²) in [6.07, 6.45) is -1.33. The van der Waals surface area contributed by atoms with E-state index in [-0.39, 0.29) is 22.3 Å². The molecule has 5 nitrogen and oxygen atoms in total. The maximum Gasteiger partial charge on any atom is 0.204 e. The second-order valence-corrected chi connectivity index (χ2v) is 11.0. The van der Waals surface area contributed by atoms with E-state index in [1.807, 2.05) is 0 Å². The first-order valence-corrected chi connectivity index (χ1v) is 13.2. The fourth-order valence-corrected chi connectivity index (χ4v) is 6.88. The summed E-state index contributed by atoms with van der Waals surface area (Å²) < 4.78 is 21.3. The molecule has 1 heterocycles. The first-order chi connectivity index (χ1) is 18.8. The Kier molecular flexibility index (Phi) is 5.06. The van der Waals surface area contributed by atoms with Crippen LogP contribution in [-0.2, 0) is 4.74 Å². The number of rotatable bonds is 2. The number of ether oxygens (including phenoxy) is 1. The van der Waals surface area contributed by atoms with Crippen molar-refractivity contribution in [3.8, 4) is 0 Å². The fraction of sp³-hybridized carbons (Fsp3) is 0.125. The van der Waals surface area contributed by atoms with Crippen LogP contribution < -0.4 is 0 Å². The Morgan fingerprint density at radius 3 is 1.51 bits per heavy atom. The number of carbonyl (C=O) groups excluding carboxylic acids is 4. The molecule has 0 radical (unpaired) electrons. The predicted octanol–water partition coefficient (Wildman–Crippen LogP) is 6.33. The molecule has 0 bridgehead atoms. The summed E-state index contributed by atoms with van der Waals surface area (Å²) in [6, 6.07) is 25.0. The number of benzene rings is 4. The maximum absolute atomic E-state index is 14.6. The summed E-state index contributed by atoms with van der Waals surface area (Å²) in [7, 11) is 0. The molecular formula is C32H18BrFO5. The third-order valence-electron chi connectivity index (χ3n) is 8.21. The number of Topliss-reactive ketones (excluding diaryl/α,β-unsaturated/α-hetero) is 4. The van der Waals surface area contributed by atoms with Gasteiger partial charge in [-0.25, -0.2) is 4.39 Å². The molecule has 1 aliphatic heterocycles. The van der Waals surface area contributed by atoms with Gasteiger partial charge in [-0.3, -0.25) is 19.2 Å². The lowest BCUT2D eigenvalue weighted by molar-refractivity contribution is -0.0210. The molecule has 1 fully saturated rings. The zero-order valence-electron chi connectivity index (χ0n) is 20.2. The Balaban J connectivity index is 1.59.